The van der Waals surface area contributed by atoms with Crippen LogP contribution in [0, 0.1) is 5.41 Å². The van der Waals surface area contributed by atoms with Gasteiger partial charge in [-0.1, -0.05) is 13.8 Å². The zero-order valence-corrected chi connectivity index (χ0v) is 7.81. The number of hydrogen-bond donors (Lipinski definition) is 2. The third-order valence-electron chi connectivity index (χ3n) is 0.856. The van der Waals surface area contributed by atoms with Gasteiger partial charge in [-0.25, -0.2) is 0 Å². The molecule has 0 fully saturated rings. The van der Waals surface area contributed by atoms with Crippen molar-refractivity contribution < 1.29 is 10.2 Å². The van der Waals surface area contributed by atoms with Gasteiger partial charge < -0.3 is 10.2 Å². The summed E-state index contributed by atoms with van der Waals surface area (Å²) in [5.41, 5.74) is -0.306. The van der Waals surface area contributed by atoms with Gasteiger partial charge >= 0.3 is 0 Å². The molecule has 0 heterocycles. The first-order valence-corrected chi connectivity index (χ1v) is 2.34. The molecule has 0 aromatic carbocycles. The van der Waals surface area contributed by atoms with Gasteiger partial charge in [0.2, 0.25) is 0 Å². The third kappa shape index (κ3) is 5.06. The molecule has 0 bridgehead atoms. The van der Waals surface area contributed by atoms with Crippen molar-refractivity contribution in [1.29, 1.82) is 0 Å². The van der Waals surface area contributed by atoms with Gasteiger partial charge in [0, 0.05) is 35.0 Å². The van der Waals surface area contributed by atoms with E-state index in [1.165, 1.54) is 0 Å². The molecule has 0 saturated carbocycles. The first-order chi connectivity index (χ1) is 3.12. The van der Waals surface area contributed by atoms with Gasteiger partial charge in [0.05, 0.1) is 13.2 Å². The Hall–Kier alpha value is 0.920. The van der Waals surface area contributed by atoms with Crippen molar-refractivity contribution in [1.82, 2.24) is 0 Å². The first-order valence-electron chi connectivity index (χ1n) is 2.34. The second-order valence-corrected chi connectivity index (χ2v) is 2.48. The Kier molecular flexibility index (Phi) is 6.96. The van der Waals surface area contributed by atoms with E-state index < -0.39 is 0 Å². The maximum atomic E-state index is 8.43. The normalized spacial score (nSPS) is 10.5. The molecule has 45 valence electrons. The number of hydrogen-bond acceptors (Lipinski definition) is 2. The zero-order chi connectivity index (χ0) is 5.91. The van der Waals surface area contributed by atoms with E-state index in [2.05, 4.69) is 0 Å². The predicted octanol–water partition coefficient (Wildman–Crippen LogP) is -0.384. The van der Waals surface area contributed by atoms with Crippen molar-refractivity contribution in [3.63, 3.8) is 0 Å². The standard InChI is InChI=1S/C5H12O2.Na/c1-5(2,3-6)4-7;/h6-7H,3-4H2,1-2H3;. The van der Waals surface area contributed by atoms with Crippen molar-refractivity contribution >= 4 is 29.6 Å². The van der Waals surface area contributed by atoms with Crippen molar-refractivity contribution in [3.8, 4) is 0 Å². The molecule has 3 heteroatoms. The Labute approximate surface area is 72.2 Å². The summed E-state index contributed by atoms with van der Waals surface area (Å²) in [5, 5.41) is 16.9. The summed E-state index contributed by atoms with van der Waals surface area (Å²) >= 11 is 0. The van der Waals surface area contributed by atoms with Crippen molar-refractivity contribution in [3.05, 3.63) is 0 Å². The van der Waals surface area contributed by atoms with Crippen molar-refractivity contribution in [2.75, 3.05) is 13.2 Å². The molecule has 8 heavy (non-hydrogen) atoms. The quantitative estimate of drug-likeness (QED) is 0.496. The van der Waals surface area contributed by atoms with Crippen LogP contribution in [-0.2, 0) is 0 Å². The number of aliphatic hydroxyl groups is 2. The van der Waals surface area contributed by atoms with Gasteiger partial charge in [-0.15, -0.1) is 0 Å². The minimum absolute atomic E-state index is 0. The molecule has 0 saturated heterocycles. The minimum atomic E-state index is -0.306. The van der Waals surface area contributed by atoms with Crippen LogP contribution in [0.5, 0.6) is 0 Å². The van der Waals surface area contributed by atoms with Crippen LogP contribution in [0.3, 0.4) is 0 Å². The van der Waals surface area contributed by atoms with Crippen LogP contribution < -0.4 is 0 Å². The summed E-state index contributed by atoms with van der Waals surface area (Å²) in [5.74, 6) is 0. The Morgan fingerprint density at radius 3 is 1.38 bits per heavy atom. The maximum absolute atomic E-state index is 8.43. The molecule has 0 atom stereocenters. The van der Waals surface area contributed by atoms with Crippen LogP contribution in [-0.4, -0.2) is 53.0 Å². The number of rotatable bonds is 2. The van der Waals surface area contributed by atoms with Crippen LogP contribution >= 0.6 is 0 Å². The Morgan fingerprint density at radius 2 is 1.38 bits per heavy atom. The summed E-state index contributed by atoms with van der Waals surface area (Å²) in [7, 11) is 0. The van der Waals surface area contributed by atoms with Gasteiger partial charge in [0.25, 0.3) is 0 Å². The summed E-state index contributed by atoms with van der Waals surface area (Å²) in [6, 6.07) is 0. The van der Waals surface area contributed by atoms with E-state index >= 15 is 0 Å². The molecule has 0 unspecified atom stereocenters. The fourth-order valence-corrected chi connectivity index (χ4v) is 0.0500. The van der Waals surface area contributed by atoms with Gasteiger partial charge in [-0.3, -0.25) is 0 Å². The molecule has 0 aromatic heterocycles. The molecule has 2 N–H and O–H groups in total. The average molecular weight is 127 g/mol. The fourth-order valence-electron chi connectivity index (χ4n) is 0.0500. The van der Waals surface area contributed by atoms with Gasteiger partial charge in [-0.2, -0.15) is 0 Å². The topological polar surface area (TPSA) is 40.5 Å². The monoisotopic (exact) mass is 127 g/mol. The molecule has 0 amide bonds. The van der Waals surface area contributed by atoms with Crippen molar-refractivity contribution in [2.45, 2.75) is 13.8 Å². The Balaban J connectivity index is 0. The van der Waals surface area contributed by atoms with E-state index in [4.69, 9.17) is 10.2 Å². The molecule has 0 spiro atoms. The van der Waals surface area contributed by atoms with Crippen molar-refractivity contribution in [2.24, 2.45) is 5.41 Å². The summed E-state index contributed by atoms with van der Waals surface area (Å²) in [6.45, 7) is 3.69. The Bertz CT molecular complexity index is 48.4. The van der Waals surface area contributed by atoms with Gasteiger partial charge in [0.1, 0.15) is 0 Å². The molecule has 0 aliphatic rings. The second-order valence-electron chi connectivity index (χ2n) is 2.48. The van der Waals surface area contributed by atoms with Crippen LogP contribution in [0.1, 0.15) is 13.8 Å². The molecular weight excluding hydrogens is 115 g/mol. The summed E-state index contributed by atoms with van der Waals surface area (Å²) < 4.78 is 0. The molecule has 0 rings (SSSR count). The molecule has 0 aliphatic heterocycles. The summed E-state index contributed by atoms with van der Waals surface area (Å²) in [4.78, 5) is 0. The van der Waals surface area contributed by atoms with Crippen LogP contribution in [0.4, 0.5) is 0 Å². The minimum Gasteiger partial charge on any atom is -0.396 e. The smallest absolute Gasteiger partial charge is 0.0504 e. The third-order valence-corrected chi connectivity index (χ3v) is 0.856. The van der Waals surface area contributed by atoms with E-state index in [-0.39, 0.29) is 48.2 Å². The number of aliphatic hydroxyl groups excluding tert-OH is 2. The molecular formula is C5H12NaO2. The van der Waals surface area contributed by atoms with E-state index in [1.807, 2.05) is 0 Å². The van der Waals surface area contributed by atoms with Gasteiger partial charge in [-0.05, 0) is 0 Å². The molecule has 0 aliphatic carbocycles. The molecule has 0 aromatic rings. The second kappa shape index (κ2) is 4.77. The van der Waals surface area contributed by atoms with E-state index in [0.29, 0.717) is 0 Å². The molecule has 2 nitrogen and oxygen atoms in total. The summed E-state index contributed by atoms with van der Waals surface area (Å²) in [6.07, 6.45) is 0. The SMILES string of the molecule is CC(C)(CO)CO.[Na]. The fraction of sp³-hybridized carbons (Fsp3) is 1.00. The average Bonchev–Trinajstić information content (AvgIpc) is 1.68. The van der Waals surface area contributed by atoms with Gasteiger partial charge in [0.15, 0.2) is 0 Å². The van der Waals surface area contributed by atoms with E-state index in [0.717, 1.165) is 0 Å². The largest absolute Gasteiger partial charge is 0.396 e. The maximum Gasteiger partial charge on any atom is 0.0504 e. The Morgan fingerprint density at radius 1 is 1.12 bits per heavy atom. The van der Waals surface area contributed by atoms with Crippen LogP contribution in [0.2, 0.25) is 0 Å². The zero-order valence-electron chi connectivity index (χ0n) is 5.81. The first kappa shape index (κ1) is 11.7. The van der Waals surface area contributed by atoms with Crippen LogP contribution in [0.25, 0.3) is 0 Å². The molecule has 1 radical (unpaired) electrons. The van der Waals surface area contributed by atoms with E-state index in [1.54, 1.807) is 13.8 Å². The van der Waals surface area contributed by atoms with Crippen LogP contribution in [0.15, 0.2) is 0 Å². The van der Waals surface area contributed by atoms with E-state index in [9.17, 15) is 0 Å². The predicted molar refractivity (Wildman–Crippen MR) is 33.7 cm³/mol.